The lowest BCUT2D eigenvalue weighted by Gasteiger charge is -2.34. The average Bonchev–Trinajstić information content (AvgIpc) is 2.07. The van der Waals surface area contributed by atoms with Crippen LogP contribution in [0.5, 0.6) is 0 Å². The largest absolute Gasteiger partial charge is 0.327 e. The molecule has 84 valence electrons. The fraction of sp³-hybridized carbons (Fsp3) is 1.00. The van der Waals surface area contributed by atoms with E-state index in [1.54, 1.807) is 0 Å². The monoisotopic (exact) mass is 199 g/mol. The molecule has 1 saturated heterocycles. The lowest BCUT2D eigenvalue weighted by molar-refractivity contribution is 0.144. The van der Waals surface area contributed by atoms with E-state index in [1.807, 2.05) is 0 Å². The Balaban J connectivity index is 2.17. The molecule has 1 rings (SSSR count). The molecule has 0 spiro atoms. The van der Waals surface area contributed by atoms with Crippen LogP contribution in [0, 0.1) is 5.92 Å². The first-order valence-electron chi connectivity index (χ1n) is 5.74. The van der Waals surface area contributed by atoms with Crippen LogP contribution in [0.4, 0.5) is 0 Å². The molecule has 0 bridgehead atoms. The third-order valence-corrected chi connectivity index (χ3v) is 2.86. The Morgan fingerprint density at radius 2 is 1.71 bits per heavy atom. The molecule has 14 heavy (non-hydrogen) atoms. The van der Waals surface area contributed by atoms with Crippen molar-refractivity contribution in [2.24, 2.45) is 11.7 Å². The maximum Gasteiger partial charge on any atom is 0.0170 e. The second-order valence-electron chi connectivity index (χ2n) is 4.99. The van der Waals surface area contributed by atoms with Gasteiger partial charge in [-0.1, -0.05) is 13.8 Å². The van der Waals surface area contributed by atoms with Crippen LogP contribution in [0.2, 0.25) is 0 Å². The summed E-state index contributed by atoms with van der Waals surface area (Å²) in [7, 11) is 2.19. The molecule has 0 aliphatic carbocycles. The van der Waals surface area contributed by atoms with Gasteiger partial charge >= 0.3 is 0 Å². The summed E-state index contributed by atoms with van der Waals surface area (Å²) in [6.45, 7) is 10.3. The first-order valence-corrected chi connectivity index (χ1v) is 5.74. The third kappa shape index (κ3) is 4.40. The number of likely N-dealkylation sites (N-methyl/N-ethyl adjacent to an activating group) is 1. The van der Waals surface area contributed by atoms with Gasteiger partial charge < -0.3 is 10.6 Å². The van der Waals surface area contributed by atoms with E-state index >= 15 is 0 Å². The van der Waals surface area contributed by atoms with E-state index in [2.05, 4.69) is 30.7 Å². The van der Waals surface area contributed by atoms with Crippen molar-refractivity contribution in [1.29, 1.82) is 0 Å². The van der Waals surface area contributed by atoms with E-state index in [0.717, 1.165) is 18.9 Å². The van der Waals surface area contributed by atoms with E-state index in [9.17, 15) is 0 Å². The Morgan fingerprint density at radius 3 is 2.21 bits per heavy atom. The van der Waals surface area contributed by atoms with Crippen LogP contribution in [-0.2, 0) is 0 Å². The molecule has 1 aliphatic heterocycles. The molecule has 1 heterocycles. The van der Waals surface area contributed by atoms with Gasteiger partial charge in [0.25, 0.3) is 0 Å². The molecule has 0 saturated carbocycles. The van der Waals surface area contributed by atoms with Crippen LogP contribution in [0.15, 0.2) is 0 Å². The summed E-state index contributed by atoms with van der Waals surface area (Å²) < 4.78 is 0. The van der Waals surface area contributed by atoms with Gasteiger partial charge in [0.1, 0.15) is 0 Å². The Kier molecular flexibility index (Phi) is 4.85. The van der Waals surface area contributed by atoms with E-state index < -0.39 is 0 Å². The van der Waals surface area contributed by atoms with Gasteiger partial charge in [-0.3, -0.25) is 4.90 Å². The molecule has 2 N–H and O–H groups in total. The SMILES string of the molecule is CC(C)C[C@@H](N)CN1CCN(C)CC1. The lowest BCUT2D eigenvalue weighted by Crippen LogP contribution is -2.48. The first-order chi connectivity index (χ1) is 6.58. The highest BCUT2D eigenvalue weighted by molar-refractivity contribution is 4.74. The van der Waals surface area contributed by atoms with Crippen molar-refractivity contribution in [2.75, 3.05) is 39.8 Å². The summed E-state index contributed by atoms with van der Waals surface area (Å²) in [6, 6.07) is 0.360. The van der Waals surface area contributed by atoms with Gasteiger partial charge in [0.15, 0.2) is 0 Å². The molecule has 1 fully saturated rings. The zero-order chi connectivity index (χ0) is 10.6. The van der Waals surface area contributed by atoms with Crippen LogP contribution in [-0.4, -0.2) is 55.6 Å². The highest BCUT2D eigenvalue weighted by Gasteiger charge is 2.16. The minimum Gasteiger partial charge on any atom is -0.327 e. The van der Waals surface area contributed by atoms with Crippen molar-refractivity contribution in [3.8, 4) is 0 Å². The molecule has 1 atom stereocenters. The van der Waals surface area contributed by atoms with Gasteiger partial charge in [-0.2, -0.15) is 0 Å². The van der Waals surface area contributed by atoms with Crippen LogP contribution in [0.1, 0.15) is 20.3 Å². The predicted octanol–water partition coefficient (Wildman–Crippen LogP) is 0.607. The van der Waals surface area contributed by atoms with Crippen molar-refractivity contribution in [3.63, 3.8) is 0 Å². The second-order valence-corrected chi connectivity index (χ2v) is 4.99. The zero-order valence-corrected chi connectivity index (χ0v) is 9.87. The number of hydrogen-bond donors (Lipinski definition) is 1. The normalized spacial score (nSPS) is 22.9. The smallest absolute Gasteiger partial charge is 0.0170 e. The van der Waals surface area contributed by atoms with Gasteiger partial charge in [0.2, 0.25) is 0 Å². The highest BCUT2D eigenvalue weighted by atomic mass is 15.2. The fourth-order valence-corrected chi connectivity index (χ4v) is 2.04. The van der Waals surface area contributed by atoms with Crippen LogP contribution in [0.3, 0.4) is 0 Å². The molecular formula is C11H25N3. The van der Waals surface area contributed by atoms with Crippen LogP contribution >= 0.6 is 0 Å². The standard InChI is InChI=1S/C11H25N3/c1-10(2)8-11(12)9-14-6-4-13(3)5-7-14/h10-11H,4-9,12H2,1-3H3/t11-/m1/s1. The van der Waals surface area contributed by atoms with Crippen molar-refractivity contribution in [1.82, 2.24) is 9.80 Å². The molecule has 1 aliphatic rings. The summed E-state index contributed by atoms with van der Waals surface area (Å²) in [5.41, 5.74) is 6.08. The topological polar surface area (TPSA) is 32.5 Å². The molecular weight excluding hydrogens is 174 g/mol. The van der Waals surface area contributed by atoms with E-state index in [0.29, 0.717) is 6.04 Å². The maximum absolute atomic E-state index is 6.08. The van der Waals surface area contributed by atoms with Gasteiger partial charge in [-0.05, 0) is 19.4 Å². The zero-order valence-electron chi connectivity index (χ0n) is 9.87. The molecule has 3 heteroatoms. The Labute approximate surface area is 88.2 Å². The van der Waals surface area contributed by atoms with Crippen molar-refractivity contribution < 1.29 is 0 Å². The highest BCUT2D eigenvalue weighted by Crippen LogP contribution is 2.06. The second kappa shape index (κ2) is 5.69. The number of rotatable bonds is 4. The predicted molar refractivity (Wildman–Crippen MR) is 61.4 cm³/mol. The van der Waals surface area contributed by atoms with Crippen LogP contribution in [0.25, 0.3) is 0 Å². The third-order valence-electron chi connectivity index (χ3n) is 2.86. The molecule has 0 amide bonds. The lowest BCUT2D eigenvalue weighted by atomic mass is 10.0. The summed E-state index contributed by atoms with van der Waals surface area (Å²) in [5, 5.41) is 0. The Bertz CT molecular complexity index is 151. The number of piperazine rings is 1. The van der Waals surface area contributed by atoms with E-state index in [-0.39, 0.29) is 0 Å². The molecule has 0 aromatic heterocycles. The maximum atomic E-state index is 6.08. The number of nitrogens with two attached hydrogens (primary N) is 1. The summed E-state index contributed by atoms with van der Waals surface area (Å²) in [5.74, 6) is 0.720. The average molecular weight is 199 g/mol. The van der Waals surface area contributed by atoms with E-state index in [4.69, 9.17) is 5.73 Å². The fourth-order valence-electron chi connectivity index (χ4n) is 2.04. The molecule has 3 nitrogen and oxygen atoms in total. The first kappa shape index (κ1) is 12.0. The molecule has 0 unspecified atom stereocenters. The Morgan fingerprint density at radius 1 is 1.14 bits per heavy atom. The minimum absolute atomic E-state index is 0.360. The summed E-state index contributed by atoms with van der Waals surface area (Å²) in [6.07, 6.45) is 1.15. The minimum atomic E-state index is 0.360. The van der Waals surface area contributed by atoms with E-state index in [1.165, 1.54) is 26.2 Å². The Hall–Kier alpha value is -0.120. The summed E-state index contributed by atoms with van der Waals surface area (Å²) in [4.78, 5) is 4.87. The van der Waals surface area contributed by atoms with Gasteiger partial charge in [0.05, 0.1) is 0 Å². The molecule has 0 aromatic rings. The van der Waals surface area contributed by atoms with Crippen molar-refractivity contribution in [2.45, 2.75) is 26.3 Å². The van der Waals surface area contributed by atoms with Crippen LogP contribution < -0.4 is 5.73 Å². The quantitative estimate of drug-likeness (QED) is 0.720. The molecule has 0 aromatic carbocycles. The van der Waals surface area contributed by atoms with Gasteiger partial charge in [0, 0.05) is 38.8 Å². The number of nitrogens with zero attached hydrogens (tertiary/aromatic N) is 2. The van der Waals surface area contributed by atoms with Gasteiger partial charge in [-0.15, -0.1) is 0 Å². The van der Waals surface area contributed by atoms with Crippen molar-refractivity contribution in [3.05, 3.63) is 0 Å². The van der Waals surface area contributed by atoms with Gasteiger partial charge in [-0.25, -0.2) is 0 Å². The van der Waals surface area contributed by atoms with Crippen molar-refractivity contribution >= 4 is 0 Å². The summed E-state index contributed by atoms with van der Waals surface area (Å²) >= 11 is 0. The molecule has 0 radical (unpaired) electrons. The number of hydrogen-bond acceptors (Lipinski definition) is 3.